The molecule has 168 valence electrons. The molecule has 2 aromatic heterocycles. The Morgan fingerprint density at radius 2 is 0.917 bits per heavy atom. The number of hydrogen-bond acceptors (Lipinski definition) is 1. The van der Waals surface area contributed by atoms with Crippen molar-refractivity contribution in [2.24, 2.45) is 0 Å². The van der Waals surface area contributed by atoms with Crippen molar-refractivity contribution in [3.05, 3.63) is 121 Å². The van der Waals surface area contributed by atoms with E-state index in [1.807, 2.05) is 0 Å². The minimum absolute atomic E-state index is 0.956. The molecular formula is C35H22O. The third kappa shape index (κ3) is 2.55. The maximum atomic E-state index is 6.10. The second-order valence-electron chi connectivity index (χ2n) is 9.71. The first-order chi connectivity index (χ1) is 17.8. The van der Waals surface area contributed by atoms with Crippen LogP contribution in [0.5, 0.6) is 0 Å². The summed E-state index contributed by atoms with van der Waals surface area (Å²) in [6, 6.07) is 41.8. The molecule has 0 aliphatic carbocycles. The highest BCUT2D eigenvalue weighted by Gasteiger charge is 2.21. The van der Waals surface area contributed by atoms with Gasteiger partial charge in [0.15, 0.2) is 0 Å². The van der Waals surface area contributed by atoms with Gasteiger partial charge in [-0.3, -0.25) is 0 Å². The van der Waals surface area contributed by atoms with Crippen LogP contribution in [0.3, 0.4) is 0 Å². The minimum atomic E-state index is 0.956. The first kappa shape index (κ1) is 19.7. The van der Waals surface area contributed by atoms with Crippen molar-refractivity contribution in [1.82, 2.24) is 0 Å². The molecule has 8 rings (SSSR count). The molecule has 1 heteroatoms. The van der Waals surface area contributed by atoms with Gasteiger partial charge in [-0.25, -0.2) is 0 Å². The average Bonchev–Trinajstić information content (AvgIpc) is 3.56. The molecule has 0 radical (unpaired) electrons. The van der Waals surface area contributed by atoms with Gasteiger partial charge >= 0.3 is 0 Å². The molecule has 2 heterocycles. The van der Waals surface area contributed by atoms with E-state index >= 15 is 0 Å². The van der Waals surface area contributed by atoms with E-state index in [0.29, 0.717) is 0 Å². The van der Waals surface area contributed by atoms with Crippen LogP contribution < -0.4 is 0 Å². The van der Waals surface area contributed by atoms with Crippen LogP contribution in [0.15, 0.2) is 120 Å². The second kappa shape index (κ2) is 7.19. The van der Waals surface area contributed by atoms with Crippen molar-refractivity contribution < 1.29 is 4.42 Å². The quantitative estimate of drug-likeness (QED) is 0.235. The fourth-order valence-electron chi connectivity index (χ4n) is 6.22. The van der Waals surface area contributed by atoms with Crippen LogP contribution >= 0.6 is 0 Å². The standard InChI is InChI=1S/C35H22O/c1-21-17-18-28(23-10-3-2-9-22(21)23)33-24-11-4-6-13-26(24)34(27-14-7-5-12-25(27)33)30-16-8-15-29-31-19-20-32(36-31)35(29)30/h2-20H,1H3. The Morgan fingerprint density at radius 3 is 1.58 bits per heavy atom. The number of rotatable bonds is 2. The summed E-state index contributed by atoms with van der Waals surface area (Å²) in [5, 5.41) is 10.1. The van der Waals surface area contributed by atoms with Crippen molar-refractivity contribution in [2.75, 3.05) is 0 Å². The number of aryl methyl sites for hydroxylation is 1. The Bertz CT molecular complexity index is 2050. The number of fused-ring (bicyclic) bond motifs is 8. The molecule has 0 saturated heterocycles. The van der Waals surface area contributed by atoms with Crippen LogP contribution in [0.1, 0.15) is 5.56 Å². The molecule has 1 nitrogen and oxygen atoms in total. The molecule has 0 aliphatic heterocycles. The first-order valence-electron chi connectivity index (χ1n) is 12.5. The Morgan fingerprint density at radius 1 is 0.389 bits per heavy atom. The van der Waals surface area contributed by atoms with E-state index in [1.165, 1.54) is 70.9 Å². The lowest BCUT2D eigenvalue weighted by atomic mass is 9.83. The molecule has 0 atom stereocenters. The summed E-state index contributed by atoms with van der Waals surface area (Å²) in [6.45, 7) is 2.20. The normalized spacial score (nSPS) is 12.0. The van der Waals surface area contributed by atoms with Crippen molar-refractivity contribution in [3.63, 3.8) is 0 Å². The molecule has 0 amide bonds. The zero-order chi connectivity index (χ0) is 23.8. The third-order valence-electron chi connectivity index (χ3n) is 7.79. The highest BCUT2D eigenvalue weighted by molar-refractivity contribution is 6.27. The van der Waals surface area contributed by atoms with Crippen LogP contribution in [0.25, 0.3) is 76.5 Å². The van der Waals surface area contributed by atoms with Gasteiger partial charge in [0.05, 0.1) is 0 Å². The number of hydrogen-bond donors (Lipinski definition) is 0. The highest BCUT2D eigenvalue weighted by Crippen LogP contribution is 2.48. The van der Waals surface area contributed by atoms with E-state index in [0.717, 1.165) is 11.2 Å². The zero-order valence-electron chi connectivity index (χ0n) is 19.9. The van der Waals surface area contributed by atoms with Crippen LogP contribution in [0.2, 0.25) is 0 Å². The Kier molecular flexibility index (Phi) is 3.93. The monoisotopic (exact) mass is 458 g/mol. The van der Waals surface area contributed by atoms with Gasteiger partial charge in [0.1, 0.15) is 11.2 Å². The average molecular weight is 459 g/mol. The molecule has 2 bridgehead atoms. The topological polar surface area (TPSA) is 13.1 Å². The van der Waals surface area contributed by atoms with Gasteiger partial charge in [-0.2, -0.15) is 0 Å². The summed E-state index contributed by atoms with van der Waals surface area (Å²) >= 11 is 0. The van der Waals surface area contributed by atoms with E-state index in [1.54, 1.807) is 0 Å². The summed E-state index contributed by atoms with van der Waals surface area (Å²) in [5.41, 5.74) is 8.30. The van der Waals surface area contributed by atoms with E-state index < -0.39 is 0 Å². The predicted octanol–water partition coefficient (Wildman–Crippen LogP) is 10.1. The van der Waals surface area contributed by atoms with Gasteiger partial charge in [-0.15, -0.1) is 0 Å². The summed E-state index contributed by atoms with van der Waals surface area (Å²) in [7, 11) is 0. The van der Waals surface area contributed by atoms with Crippen molar-refractivity contribution >= 4 is 54.3 Å². The van der Waals surface area contributed by atoms with Crippen LogP contribution in [-0.2, 0) is 0 Å². The van der Waals surface area contributed by atoms with Crippen LogP contribution in [0.4, 0.5) is 0 Å². The smallest absolute Gasteiger partial charge is 0.136 e. The fourth-order valence-corrected chi connectivity index (χ4v) is 6.22. The van der Waals surface area contributed by atoms with Crippen LogP contribution in [0, 0.1) is 6.92 Å². The second-order valence-corrected chi connectivity index (χ2v) is 9.71. The summed E-state index contributed by atoms with van der Waals surface area (Å²) in [5.74, 6) is 0. The molecule has 36 heavy (non-hydrogen) atoms. The van der Waals surface area contributed by atoms with Gasteiger partial charge in [0, 0.05) is 10.8 Å². The van der Waals surface area contributed by atoms with Gasteiger partial charge < -0.3 is 4.42 Å². The van der Waals surface area contributed by atoms with E-state index in [9.17, 15) is 0 Å². The lowest BCUT2D eigenvalue weighted by Crippen LogP contribution is -1.92. The number of furan rings is 2. The Labute approximate surface area is 208 Å². The first-order valence-corrected chi connectivity index (χ1v) is 12.5. The molecular weight excluding hydrogens is 436 g/mol. The molecule has 8 aromatic rings. The van der Waals surface area contributed by atoms with E-state index in [4.69, 9.17) is 4.42 Å². The zero-order valence-corrected chi connectivity index (χ0v) is 19.9. The molecule has 0 unspecified atom stereocenters. The summed E-state index contributed by atoms with van der Waals surface area (Å²) < 4.78 is 6.10. The van der Waals surface area contributed by atoms with Crippen molar-refractivity contribution in [1.29, 1.82) is 0 Å². The molecule has 0 aliphatic rings. The van der Waals surface area contributed by atoms with Gasteiger partial charge in [-0.1, -0.05) is 103 Å². The molecule has 0 spiro atoms. The highest BCUT2D eigenvalue weighted by atomic mass is 16.3. The SMILES string of the molecule is Cc1ccc(-c2c3ccccc3c(-c3cccc4c5ccc(o5)c34)c3ccccc23)c2ccccc12. The predicted molar refractivity (Wildman–Crippen MR) is 153 cm³/mol. The van der Waals surface area contributed by atoms with Gasteiger partial charge in [0.25, 0.3) is 0 Å². The minimum Gasteiger partial charge on any atom is -0.456 e. The molecule has 6 aromatic carbocycles. The lowest BCUT2D eigenvalue weighted by molar-refractivity contribution is 0.679. The van der Waals surface area contributed by atoms with Crippen molar-refractivity contribution in [2.45, 2.75) is 6.92 Å². The number of benzene rings is 7. The maximum Gasteiger partial charge on any atom is 0.136 e. The third-order valence-corrected chi connectivity index (χ3v) is 7.79. The fraction of sp³-hybridized carbons (Fsp3) is 0.0286. The van der Waals surface area contributed by atoms with Gasteiger partial charge in [-0.05, 0) is 79.2 Å². The summed E-state index contributed by atoms with van der Waals surface area (Å²) in [4.78, 5) is 0. The van der Waals surface area contributed by atoms with Crippen molar-refractivity contribution in [3.8, 4) is 22.3 Å². The van der Waals surface area contributed by atoms with Gasteiger partial charge in [0.2, 0.25) is 0 Å². The lowest BCUT2D eigenvalue weighted by Gasteiger charge is -2.19. The molecule has 0 N–H and O–H groups in total. The van der Waals surface area contributed by atoms with Crippen LogP contribution in [-0.4, -0.2) is 0 Å². The van der Waals surface area contributed by atoms with E-state index in [2.05, 4.69) is 122 Å². The maximum absolute atomic E-state index is 6.10. The van der Waals surface area contributed by atoms with E-state index in [-0.39, 0.29) is 0 Å². The molecule has 0 saturated carbocycles. The largest absolute Gasteiger partial charge is 0.456 e. The summed E-state index contributed by atoms with van der Waals surface area (Å²) in [6.07, 6.45) is 0. The molecule has 0 fully saturated rings. The Balaban J connectivity index is 1.59. The Hall–Kier alpha value is -4.62.